The van der Waals surface area contributed by atoms with E-state index in [0.717, 1.165) is 12.8 Å². The molecule has 1 aromatic heterocycles. The Morgan fingerprint density at radius 2 is 2.46 bits per heavy atom. The van der Waals surface area contributed by atoms with Gasteiger partial charge in [-0.1, -0.05) is 6.42 Å². The lowest BCUT2D eigenvalue weighted by Gasteiger charge is -2.13. The predicted octanol–water partition coefficient (Wildman–Crippen LogP) is 2.26. The number of carbonyl (C=O) groups is 1. The highest BCUT2D eigenvalue weighted by molar-refractivity contribution is 7.10. The lowest BCUT2D eigenvalue weighted by Crippen LogP contribution is -2.18. The molecule has 13 heavy (non-hydrogen) atoms. The largest absolute Gasteiger partial charge is 0.352 e. The summed E-state index contributed by atoms with van der Waals surface area (Å²) in [6.07, 6.45) is 5.56. The van der Waals surface area contributed by atoms with Gasteiger partial charge in [-0.15, -0.1) is 11.3 Å². The average molecular weight is 195 g/mol. The topological polar surface area (TPSA) is 29.1 Å². The van der Waals surface area contributed by atoms with Crippen molar-refractivity contribution in [1.29, 1.82) is 0 Å². The Hall–Kier alpha value is -0.830. The second-order valence-electron chi connectivity index (χ2n) is 3.38. The third-order valence-corrected chi connectivity index (χ3v) is 3.57. The molecule has 1 amide bonds. The first kappa shape index (κ1) is 8.75. The van der Waals surface area contributed by atoms with Gasteiger partial charge in [0.1, 0.15) is 0 Å². The van der Waals surface area contributed by atoms with Crippen LogP contribution < -0.4 is 5.32 Å². The van der Waals surface area contributed by atoms with E-state index in [2.05, 4.69) is 16.8 Å². The van der Waals surface area contributed by atoms with Gasteiger partial charge in [0, 0.05) is 4.88 Å². The van der Waals surface area contributed by atoms with Crippen LogP contribution in [0.3, 0.4) is 0 Å². The molecule has 0 saturated carbocycles. The molecule has 0 radical (unpaired) electrons. The maximum absolute atomic E-state index is 10.4. The molecule has 2 rings (SSSR count). The van der Waals surface area contributed by atoms with Gasteiger partial charge in [-0.25, -0.2) is 0 Å². The highest BCUT2D eigenvalue weighted by atomic mass is 32.1. The summed E-state index contributed by atoms with van der Waals surface area (Å²) in [5.74, 6) is 0. The van der Waals surface area contributed by atoms with Gasteiger partial charge in [0.2, 0.25) is 6.41 Å². The Kier molecular flexibility index (Phi) is 2.64. The summed E-state index contributed by atoms with van der Waals surface area (Å²) in [5, 5.41) is 5.01. The van der Waals surface area contributed by atoms with Crippen LogP contribution in [0.2, 0.25) is 0 Å². The minimum absolute atomic E-state index is 0.265. The first-order valence-electron chi connectivity index (χ1n) is 4.68. The Bertz CT molecular complexity index is 295. The molecule has 3 heteroatoms. The molecule has 1 N–H and O–H groups in total. The van der Waals surface area contributed by atoms with Crippen molar-refractivity contribution >= 4 is 17.7 Å². The molecule has 1 aromatic rings. The Morgan fingerprint density at radius 1 is 1.54 bits per heavy atom. The summed E-state index contributed by atoms with van der Waals surface area (Å²) in [5.41, 5.74) is 1.34. The van der Waals surface area contributed by atoms with Crippen LogP contribution >= 0.6 is 11.3 Å². The zero-order valence-electron chi connectivity index (χ0n) is 7.45. The van der Waals surface area contributed by atoms with E-state index in [9.17, 15) is 4.79 Å². The first-order valence-corrected chi connectivity index (χ1v) is 5.56. The number of hydrogen-bond donors (Lipinski definition) is 1. The van der Waals surface area contributed by atoms with Gasteiger partial charge in [-0.05, 0) is 36.3 Å². The quantitative estimate of drug-likeness (QED) is 0.569. The van der Waals surface area contributed by atoms with Crippen molar-refractivity contribution in [3.8, 4) is 0 Å². The molecule has 1 aliphatic carbocycles. The fourth-order valence-electron chi connectivity index (χ4n) is 1.91. The van der Waals surface area contributed by atoms with Crippen molar-refractivity contribution in [2.24, 2.45) is 0 Å². The lowest BCUT2D eigenvalue weighted by atomic mass is 10.1. The number of rotatable bonds is 2. The van der Waals surface area contributed by atoms with Crippen LogP contribution in [-0.2, 0) is 11.2 Å². The minimum atomic E-state index is 0.265. The molecule has 1 atom stereocenters. The number of carbonyl (C=O) groups excluding carboxylic acids is 1. The van der Waals surface area contributed by atoms with E-state index in [1.807, 2.05) is 11.3 Å². The fraction of sp³-hybridized carbons (Fsp3) is 0.500. The highest BCUT2D eigenvalue weighted by Crippen LogP contribution is 2.31. The third kappa shape index (κ3) is 1.75. The van der Waals surface area contributed by atoms with Crippen molar-refractivity contribution in [2.75, 3.05) is 0 Å². The molecule has 1 aliphatic rings. The minimum Gasteiger partial charge on any atom is -0.352 e. The summed E-state index contributed by atoms with van der Waals surface area (Å²) < 4.78 is 0. The second kappa shape index (κ2) is 3.92. The zero-order chi connectivity index (χ0) is 9.10. The van der Waals surface area contributed by atoms with Crippen molar-refractivity contribution in [2.45, 2.75) is 31.7 Å². The van der Waals surface area contributed by atoms with Gasteiger partial charge in [0.15, 0.2) is 0 Å². The maximum Gasteiger partial charge on any atom is 0.207 e. The van der Waals surface area contributed by atoms with E-state index in [4.69, 9.17) is 0 Å². The van der Waals surface area contributed by atoms with Gasteiger partial charge in [0.05, 0.1) is 6.04 Å². The van der Waals surface area contributed by atoms with E-state index in [0.29, 0.717) is 0 Å². The normalized spacial score (nSPS) is 21.7. The molecule has 2 nitrogen and oxygen atoms in total. The summed E-state index contributed by atoms with van der Waals surface area (Å²) in [7, 11) is 0. The van der Waals surface area contributed by atoms with Crippen LogP contribution in [0, 0.1) is 0 Å². The molecule has 0 bridgehead atoms. The van der Waals surface area contributed by atoms with E-state index in [-0.39, 0.29) is 6.04 Å². The van der Waals surface area contributed by atoms with E-state index in [1.54, 1.807) is 0 Å². The lowest BCUT2D eigenvalue weighted by molar-refractivity contribution is -0.110. The van der Waals surface area contributed by atoms with E-state index in [1.165, 1.54) is 29.7 Å². The first-order chi connectivity index (χ1) is 6.42. The molecular weight excluding hydrogens is 182 g/mol. The molecular formula is C10H13NOS. The van der Waals surface area contributed by atoms with Crippen LogP contribution in [0.25, 0.3) is 0 Å². The van der Waals surface area contributed by atoms with Crippen molar-refractivity contribution < 1.29 is 4.79 Å². The third-order valence-electron chi connectivity index (χ3n) is 2.57. The number of nitrogens with one attached hydrogen (secondary N) is 1. The number of amides is 1. The summed E-state index contributed by atoms with van der Waals surface area (Å²) in [4.78, 5) is 11.9. The van der Waals surface area contributed by atoms with Gasteiger partial charge >= 0.3 is 0 Å². The number of thiophene rings is 1. The van der Waals surface area contributed by atoms with Gasteiger partial charge in [0.25, 0.3) is 0 Å². The van der Waals surface area contributed by atoms with Crippen molar-refractivity contribution in [3.63, 3.8) is 0 Å². The SMILES string of the molecule is O=CNC1CCCCc2sccc21. The van der Waals surface area contributed by atoms with Crippen LogP contribution in [0.1, 0.15) is 35.7 Å². The average Bonchev–Trinajstić information content (AvgIpc) is 2.52. The molecule has 1 heterocycles. The number of fused-ring (bicyclic) bond motifs is 1. The zero-order valence-corrected chi connectivity index (χ0v) is 8.27. The highest BCUT2D eigenvalue weighted by Gasteiger charge is 2.18. The molecule has 0 aliphatic heterocycles. The smallest absolute Gasteiger partial charge is 0.207 e. The Morgan fingerprint density at radius 3 is 3.31 bits per heavy atom. The predicted molar refractivity (Wildman–Crippen MR) is 53.8 cm³/mol. The van der Waals surface area contributed by atoms with Crippen LogP contribution in [0.15, 0.2) is 11.4 Å². The Balaban J connectivity index is 2.25. The number of hydrogen-bond acceptors (Lipinski definition) is 2. The van der Waals surface area contributed by atoms with E-state index >= 15 is 0 Å². The van der Waals surface area contributed by atoms with Crippen molar-refractivity contribution in [3.05, 3.63) is 21.9 Å². The van der Waals surface area contributed by atoms with Crippen LogP contribution in [0.4, 0.5) is 0 Å². The Labute approximate surface area is 82.0 Å². The molecule has 0 saturated heterocycles. The van der Waals surface area contributed by atoms with Crippen LogP contribution in [0.5, 0.6) is 0 Å². The van der Waals surface area contributed by atoms with E-state index < -0.39 is 0 Å². The molecule has 1 unspecified atom stereocenters. The van der Waals surface area contributed by atoms with Gasteiger partial charge in [-0.2, -0.15) is 0 Å². The molecule has 70 valence electrons. The standard InChI is InChI=1S/C10H13NOS/c12-7-11-9-3-1-2-4-10-8(9)5-6-13-10/h5-7,9H,1-4H2,(H,11,12). The van der Waals surface area contributed by atoms with Gasteiger partial charge < -0.3 is 5.32 Å². The molecule has 0 aromatic carbocycles. The summed E-state index contributed by atoms with van der Waals surface area (Å²) >= 11 is 1.81. The maximum atomic E-state index is 10.4. The summed E-state index contributed by atoms with van der Waals surface area (Å²) in [6.45, 7) is 0. The van der Waals surface area contributed by atoms with Crippen molar-refractivity contribution in [1.82, 2.24) is 5.32 Å². The monoisotopic (exact) mass is 195 g/mol. The summed E-state index contributed by atoms with van der Waals surface area (Å²) in [6, 6.07) is 2.41. The molecule has 0 fully saturated rings. The fourth-order valence-corrected chi connectivity index (χ4v) is 2.90. The number of aryl methyl sites for hydroxylation is 1. The second-order valence-corrected chi connectivity index (χ2v) is 4.38. The molecule has 0 spiro atoms. The van der Waals surface area contributed by atoms with Crippen LogP contribution in [-0.4, -0.2) is 6.41 Å². The van der Waals surface area contributed by atoms with Gasteiger partial charge in [-0.3, -0.25) is 4.79 Å².